The number of thioether (sulfide) groups is 1. The SMILES string of the molecule is CC(C)Sc1nnc(NC(=O)[C@H](C)N(c2ccccc2)S(C)(=O)=O)s1. The van der Waals surface area contributed by atoms with E-state index in [0.717, 1.165) is 14.9 Å². The minimum atomic E-state index is -3.63. The molecule has 2 rings (SSSR count). The summed E-state index contributed by atoms with van der Waals surface area (Å²) < 4.78 is 26.2. The van der Waals surface area contributed by atoms with Crippen molar-refractivity contribution in [2.75, 3.05) is 15.9 Å². The van der Waals surface area contributed by atoms with Crippen molar-refractivity contribution in [1.29, 1.82) is 0 Å². The molecule has 0 fully saturated rings. The summed E-state index contributed by atoms with van der Waals surface area (Å²) in [6.45, 7) is 5.61. The minimum Gasteiger partial charge on any atom is -0.299 e. The molecule has 0 radical (unpaired) electrons. The van der Waals surface area contributed by atoms with Crippen LogP contribution in [-0.2, 0) is 14.8 Å². The summed E-state index contributed by atoms with van der Waals surface area (Å²) in [6, 6.07) is 7.59. The Balaban J connectivity index is 2.17. The van der Waals surface area contributed by atoms with Gasteiger partial charge in [-0.3, -0.25) is 14.4 Å². The quantitative estimate of drug-likeness (QED) is 0.567. The lowest BCUT2D eigenvalue weighted by molar-refractivity contribution is -0.116. The van der Waals surface area contributed by atoms with Gasteiger partial charge in [-0.2, -0.15) is 0 Å². The molecule has 2 aromatic rings. The third-order valence-electron chi connectivity index (χ3n) is 3.07. The van der Waals surface area contributed by atoms with Crippen LogP contribution >= 0.6 is 23.1 Å². The molecule has 0 saturated heterocycles. The van der Waals surface area contributed by atoms with Gasteiger partial charge in [-0.25, -0.2) is 8.42 Å². The Hall–Kier alpha value is -1.65. The van der Waals surface area contributed by atoms with Gasteiger partial charge in [0.25, 0.3) is 0 Å². The second-order valence-electron chi connectivity index (χ2n) is 5.60. The van der Waals surface area contributed by atoms with Gasteiger partial charge in [-0.15, -0.1) is 10.2 Å². The molecule has 0 bridgehead atoms. The zero-order valence-corrected chi connectivity index (χ0v) is 16.8. The molecule has 0 spiro atoms. The average Bonchev–Trinajstić information content (AvgIpc) is 2.93. The maximum Gasteiger partial charge on any atom is 0.249 e. The normalized spacial score (nSPS) is 12.8. The third kappa shape index (κ3) is 5.41. The number of rotatable bonds is 7. The highest BCUT2D eigenvalue weighted by molar-refractivity contribution is 8.01. The van der Waals surface area contributed by atoms with Crippen LogP contribution in [0.4, 0.5) is 10.8 Å². The summed E-state index contributed by atoms with van der Waals surface area (Å²) in [5.74, 6) is -0.466. The minimum absolute atomic E-state index is 0.349. The molecule has 0 unspecified atom stereocenters. The highest BCUT2D eigenvalue weighted by atomic mass is 32.2. The van der Waals surface area contributed by atoms with Crippen LogP contribution in [0.2, 0.25) is 0 Å². The van der Waals surface area contributed by atoms with Crippen LogP contribution in [0.1, 0.15) is 20.8 Å². The van der Waals surface area contributed by atoms with Gasteiger partial charge in [0.2, 0.25) is 21.1 Å². The number of nitrogens with one attached hydrogen (secondary N) is 1. The number of nitrogens with zero attached hydrogens (tertiary/aromatic N) is 3. The molecule has 1 aromatic heterocycles. The number of sulfonamides is 1. The Morgan fingerprint density at radius 2 is 1.84 bits per heavy atom. The fourth-order valence-corrected chi connectivity index (χ4v) is 5.26. The Bertz CT molecular complexity index is 822. The van der Waals surface area contributed by atoms with Gasteiger partial charge in [-0.1, -0.05) is 55.1 Å². The van der Waals surface area contributed by atoms with Crippen LogP contribution in [0.3, 0.4) is 0 Å². The number of aromatic nitrogens is 2. The topological polar surface area (TPSA) is 92.3 Å². The van der Waals surface area contributed by atoms with Crippen molar-refractivity contribution >= 4 is 49.8 Å². The number of para-hydroxylation sites is 1. The van der Waals surface area contributed by atoms with Gasteiger partial charge in [0, 0.05) is 5.25 Å². The maximum atomic E-state index is 12.5. The Kier molecular flexibility index (Phi) is 6.42. The van der Waals surface area contributed by atoms with E-state index in [9.17, 15) is 13.2 Å². The Morgan fingerprint density at radius 1 is 1.20 bits per heavy atom. The summed E-state index contributed by atoms with van der Waals surface area (Å²) in [6.07, 6.45) is 1.08. The van der Waals surface area contributed by atoms with Crippen LogP contribution in [0, 0.1) is 0 Å². The zero-order valence-electron chi connectivity index (χ0n) is 14.3. The molecule has 0 aliphatic heterocycles. The summed E-state index contributed by atoms with van der Waals surface area (Å²) in [5.41, 5.74) is 0.431. The third-order valence-corrected chi connectivity index (χ3v) is 6.24. The predicted octanol–water partition coefficient (Wildman–Crippen LogP) is 2.83. The molecule has 1 aromatic carbocycles. The van der Waals surface area contributed by atoms with E-state index in [1.165, 1.54) is 18.3 Å². The first-order valence-electron chi connectivity index (χ1n) is 7.54. The van der Waals surface area contributed by atoms with Crippen LogP contribution in [0.15, 0.2) is 34.7 Å². The van der Waals surface area contributed by atoms with Crippen LogP contribution in [0.25, 0.3) is 0 Å². The van der Waals surface area contributed by atoms with E-state index < -0.39 is 22.0 Å². The van der Waals surface area contributed by atoms with Gasteiger partial charge in [0.1, 0.15) is 6.04 Å². The van der Waals surface area contributed by atoms with Crippen molar-refractivity contribution in [1.82, 2.24) is 10.2 Å². The van der Waals surface area contributed by atoms with Gasteiger partial charge >= 0.3 is 0 Å². The standard InChI is InChI=1S/C15H20N4O3S3/c1-10(2)23-15-18-17-14(24-15)16-13(20)11(3)19(25(4,21)22)12-8-6-5-7-9-12/h5-11H,1-4H3,(H,16,17,20)/t11-/m0/s1. The van der Waals surface area contributed by atoms with Gasteiger partial charge < -0.3 is 0 Å². The highest BCUT2D eigenvalue weighted by Crippen LogP contribution is 2.29. The summed E-state index contributed by atoms with van der Waals surface area (Å²) >= 11 is 2.81. The van der Waals surface area contributed by atoms with Crippen LogP contribution in [0.5, 0.6) is 0 Å². The first-order valence-corrected chi connectivity index (χ1v) is 11.1. The number of benzene rings is 1. The molecular weight excluding hydrogens is 380 g/mol. The molecular formula is C15H20N4O3S3. The fourth-order valence-electron chi connectivity index (χ4n) is 2.10. The number of carbonyl (C=O) groups excluding carboxylic acids is 1. The van der Waals surface area contributed by atoms with Crippen molar-refractivity contribution < 1.29 is 13.2 Å². The van der Waals surface area contributed by atoms with Crippen molar-refractivity contribution in [2.45, 2.75) is 36.4 Å². The number of carbonyl (C=O) groups is 1. The molecule has 0 aliphatic carbocycles. The molecule has 1 heterocycles. The van der Waals surface area contributed by atoms with Gasteiger partial charge in [0.15, 0.2) is 4.34 Å². The second-order valence-corrected chi connectivity index (χ2v) is 10.3. The van der Waals surface area contributed by atoms with E-state index in [1.54, 1.807) is 42.1 Å². The molecule has 0 aliphatic rings. The van der Waals surface area contributed by atoms with E-state index >= 15 is 0 Å². The lowest BCUT2D eigenvalue weighted by Gasteiger charge is -2.27. The van der Waals surface area contributed by atoms with E-state index in [4.69, 9.17) is 0 Å². The average molecular weight is 401 g/mol. The predicted molar refractivity (Wildman–Crippen MR) is 103 cm³/mol. The number of hydrogen-bond donors (Lipinski definition) is 1. The molecule has 1 amide bonds. The zero-order chi connectivity index (χ0) is 18.6. The molecule has 136 valence electrons. The van der Waals surface area contributed by atoms with Crippen LogP contribution < -0.4 is 9.62 Å². The second kappa shape index (κ2) is 8.15. The fraction of sp³-hybridized carbons (Fsp3) is 0.400. The first-order chi connectivity index (χ1) is 11.7. The largest absolute Gasteiger partial charge is 0.299 e. The highest BCUT2D eigenvalue weighted by Gasteiger charge is 2.29. The molecule has 1 atom stereocenters. The van der Waals surface area contributed by atoms with E-state index in [1.807, 2.05) is 13.8 Å². The number of hydrogen-bond acceptors (Lipinski definition) is 7. The maximum absolute atomic E-state index is 12.5. The Labute approximate surface area is 155 Å². The number of anilines is 2. The van der Waals surface area contributed by atoms with Crippen molar-refractivity contribution in [3.63, 3.8) is 0 Å². The smallest absolute Gasteiger partial charge is 0.249 e. The van der Waals surface area contributed by atoms with Crippen molar-refractivity contribution in [2.24, 2.45) is 0 Å². The lowest BCUT2D eigenvalue weighted by Crippen LogP contribution is -2.45. The number of amides is 1. The summed E-state index contributed by atoms with van der Waals surface area (Å²) in [5, 5.41) is 11.3. The molecule has 7 nitrogen and oxygen atoms in total. The van der Waals surface area contributed by atoms with Crippen LogP contribution in [-0.4, -0.2) is 42.1 Å². The Morgan fingerprint density at radius 3 is 2.40 bits per heavy atom. The summed E-state index contributed by atoms with van der Waals surface area (Å²) in [7, 11) is -3.63. The van der Waals surface area contributed by atoms with Gasteiger partial charge in [0.05, 0.1) is 11.9 Å². The van der Waals surface area contributed by atoms with E-state index in [0.29, 0.717) is 16.1 Å². The lowest BCUT2D eigenvalue weighted by atomic mass is 10.2. The van der Waals surface area contributed by atoms with E-state index in [2.05, 4.69) is 15.5 Å². The van der Waals surface area contributed by atoms with Crippen molar-refractivity contribution in [3.05, 3.63) is 30.3 Å². The molecule has 25 heavy (non-hydrogen) atoms. The van der Waals surface area contributed by atoms with E-state index in [-0.39, 0.29) is 0 Å². The summed E-state index contributed by atoms with van der Waals surface area (Å²) in [4.78, 5) is 12.5. The molecule has 10 heteroatoms. The van der Waals surface area contributed by atoms with Crippen molar-refractivity contribution in [3.8, 4) is 0 Å². The first kappa shape index (κ1) is 19.7. The van der Waals surface area contributed by atoms with Gasteiger partial charge in [-0.05, 0) is 19.1 Å². The monoisotopic (exact) mass is 400 g/mol. The molecule has 0 saturated carbocycles. The molecule has 1 N–H and O–H groups in total.